The summed E-state index contributed by atoms with van der Waals surface area (Å²) >= 11 is 0. The highest BCUT2D eigenvalue weighted by atomic mass is 16.5. The molecule has 3 rings (SSSR count). The number of methoxy groups -OCH3 is 1. The maximum absolute atomic E-state index is 12.4. The van der Waals surface area contributed by atoms with E-state index in [0.29, 0.717) is 29.1 Å². The Bertz CT molecular complexity index is 929. The zero-order chi connectivity index (χ0) is 17.8. The summed E-state index contributed by atoms with van der Waals surface area (Å²) in [5.41, 5.74) is 8.51. The fourth-order valence-electron chi connectivity index (χ4n) is 2.64. The number of nitrogens with two attached hydrogens (primary N) is 1. The summed E-state index contributed by atoms with van der Waals surface area (Å²) in [6, 6.07) is 7.29. The smallest absolute Gasteiger partial charge is 0.256 e. The van der Waals surface area contributed by atoms with E-state index in [2.05, 4.69) is 22.1 Å². The maximum atomic E-state index is 12.4. The summed E-state index contributed by atoms with van der Waals surface area (Å²) in [4.78, 5) is 26.2. The zero-order valence-electron chi connectivity index (χ0n) is 13.7. The number of rotatable bonds is 4. The summed E-state index contributed by atoms with van der Waals surface area (Å²) in [6.07, 6.45) is 4.08. The summed E-state index contributed by atoms with van der Waals surface area (Å²) in [6.45, 7) is 0. The molecule has 6 heteroatoms. The van der Waals surface area contributed by atoms with Crippen LogP contribution in [0.1, 0.15) is 29.7 Å². The first-order chi connectivity index (χ1) is 12.1. The number of hydrogen-bond donors (Lipinski definition) is 3. The molecule has 25 heavy (non-hydrogen) atoms. The predicted molar refractivity (Wildman–Crippen MR) is 95.6 cm³/mol. The molecule has 126 valence electrons. The predicted octanol–water partition coefficient (Wildman–Crippen LogP) is 2.13. The van der Waals surface area contributed by atoms with Crippen molar-refractivity contribution in [2.24, 2.45) is 5.73 Å². The molecule has 0 radical (unpaired) electrons. The van der Waals surface area contributed by atoms with Crippen molar-refractivity contribution in [1.29, 1.82) is 0 Å². The first kappa shape index (κ1) is 16.4. The van der Waals surface area contributed by atoms with Crippen molar-refractivity contribution in [2.45, 2.75) is 12.8 Å². The number of benzene rings is 1. The lowest BCUT2D eigenvalue weighted by Gasteiger charge is -2.03. The number of ether oxygens (including phenoxy) is 1. The van der Waals surface area contributed by atoms with E-state index >= 15 is 0 Å². The van der Waals surface area contributed by atoms with Crippen LogP contribution in [0.15, 0.2) is 30.5 Å². The van der Waals surface area contributed by atoms with Gasteiger partial charge in [-0.25, -0.2) is 0 Å². The molecular formula is C19H17N3O3. The van der Waals surface area contributed by atoms with Crippen LogP contribution in [-0.2, 0) is 9.59 Å². The number of fused-ring (bicyclic) bond motifs is 1. The highest BCUT2D eigenvalue weighted by Gasteiger charge is 2.26. The number of nitrogens with one attached hydrogen (secondary N) is 2. The van der Waals surface area contributed by atoms with Crippen molar-refractivity contribution >= 4 is 29.2 Å². The van der Waals surface area contributed by atoms with Gasteiger partial charge in [0.05, 0.1) is 24.1 Å². The minimum atomic E-state index is -0.385. The lowest BCUT2D eigenvalue weighted by molar-refractivity contribution is -0.118. The molecule has 2 heterocycles. The number of anilines is 1. The normalized spacial score (nSPS) is 13.8. The molecule has 1 aliphatic heterocycles. The fraction of sp³-hybridized carbons (Fsp3) is 0.158. The second-order valence-electron chi connectivity index (χ2n) is 5.47. The van der Waals surface area contributed by atoms with E-state index in [1.165, 1.54) is 0 Å². The first-order valence-corrected chi connectivity index (χ1v) is 7.75. The highest BCUT2D eigenvalue weighted by molar-refractivity contribution is 6.35. The third-order valence-corrected chi connectivity index (χ3v) is 3.79. The van der Waals surface area contributed by atoms with Gasteiger partial charge in [-0.15, -0.1) is 0 Å². The number of aromatic nitrogens is 1. The lowest BCUT2D eigenvalue weighted by atomic mass is 9.99. The molecule has 0 saturated heterocycles. The van der Waals surface area contributed by atoms with Crippen molar-refractivity contribution in [3.8, 4) is 17.6 Å². The van der Waals surface area contributed by atoms with Crippen molar-refractivity contribution in [2.75, 3.05) is 12.4 Å². The Morgan fingerprint density at radius 1 is 1.36 bits per heavy atom. The number of primary amides is 1. The Balaban J connectivity index is 2.00. The average molecular weight is 335 g/mol. The molecule has 4 N–H and O–H groups in total. The molecule has 2 amide bonds. The van der Waals surface area contributed by atoms with Crippen LogP contribution < -0.4 is 15.8 Å². The van der Waals surface area contributed by atoms with E-state index in [-0.39, 0.29) is 18.2 Å². The van der Waals surface area contributed by atoms with Gasteiger partial charge in [0, 0.05) is 30.2 Å². The molecule has 1 aliphatic rings. The molecule has 1 aromatic carbocycles. The van der Waals surface area contributed by atoms with Gasteiger partial charge in [-0.05, 0) is 24.3 Å². The Morgan fingerprint density at radius 3 is 2.96 bits per heavy atom. The van der Waals surface area contributed by atoms with Crippen molar-refractivity contribution in [3.05, 3.63) is 47.3 Å². The van der Waals surface area contributed by atoms with Crippen LogP contribution in [-0.4, -0.2) is 23.9 Å². The quantitative estimate of drug-likeness (QED) is 0.590. The second kappa shape index (κ2) is 6.97. The van der Waals surface area contributed by atoms with Gasteiger partial charge in [0.2, 0.25) is 5.91 Å². The van der Waals surface area contributed by atoms with E-state index in [4.69, 9.17) is 10.5 Å². The van der Waals surface area contributed by atoms with Gasteiger partial charge in [-0.2, -0.15) is 0 Å². The molecule has 0 unspecified atom stereocenters. The van der Waals surface area contributed by atoms with E-state index < -0.39 is 0 Å². The van der Waals surface area contributed by atoms with Crippen LogP contribution in [0.2, 0.25) is 0 Å². The van der Waals surface area contributed by atoms with Crippen LogP contribution in [0, 0.1) is 11.8 Å². The number of H-pyrrole nitrogens is 1. The Labute approximate surface area is 145 Å². The molecule has 2 aromatic rings. The molecular weight excluding hydrogens is 318 g/mol. The van der Waals surface area contributed by atoms with Crippen LogP contribution in [0.3, 0.4) is 0 Å². The van der Waals surface area contributed by atoms with Gasteiger partial charge >= 0.3 is 0 Å². The van der Waals surface area contributed by atoms with E-state index in [1.807, 2.05) is 18.2 Å². The third kappa shape index (κ3) is 3.40. The van der Waals surface area contributed by atoms with Gasteiger partial charge < -0.3 is 20.8 Å². The van der Waals surface area contributed by atoms with Gasteiger partial charge in [-0.3, -0.25) is 9.59 Å². The van der Waals surface area contributed by atoms with Crippen molar-refractivity contribution < 1.29 is 14.3 Å². The topological polar surface area (TPSA) is 97.2 Å². The maximum Gasteiger partial charge on any atom is 0.256 e. The van der Waals surface area contributed by atoms with Crippen molar-refractivity contribution in [1.82, 2.24) is 4.98 Å². The minimum absolute atomic E-state index is 0.196. The van der Waals surface area contributed by atoms with Crippen LogP contribution in [0.5, 0.6) is 5.75 Å². The Kier molecular flexibility index (Phi) is 4.57. The summed E-state index contributed by atoms with van der Waals surface area (Å²) < 4.78 is 5.27. The van der Waals surface area contributed by atoms with Gasteiger partial charge in [0.15, 0.2) is 0 Å². The number of aromatic amines is 1. The van der Waals surface area contributed by atoms with Gasteiger partial charge in [0.1, 0.15) is 5.75 Å². The summed E-state index contributed by atoms with van der Waals surface area (Å²) in [5, 5.41) is 2.84. The monoisotopic (exact) mass is 335 g/mol. The molecule has 0 saturated carbocycles. The SMILES string of the molecule is COc1cc[nH]c1/C=C1\C(=O)Nc2cccc(C#CCCC(N)=O)c21. The van der Waals surface area contributed by atoms with Gasteiger partial charge in [-0.1, -0.05) is 17.9 Å². The molecule has 0 bridgehead atoms. The largest absolute Gasteiger partial charge is 0.495 e. The molecule has 1 aromatic heterocycles. The lowest BCUT2D eigenvalue weighted by Crippen LogP contribution is -2.08. The molecule has 0 atom stereocenters. The Hall–Kier alpha value is -3.46. The summed E-state index contributed by atoms with van der Waals surface area (Å²) in [7, 11) is 1.57. The number of carbonyl (C=O) groups excluding carboxylic acids is 2. The molecule has 0 spiro atoms. The minimum Gasteiger partial charge on any atom is -0.495 e. The van der Waals surface area contributed by atoms with Gasteiger partial charge in [0.25, 0.3) is 5.91 Å². The van der Waals surface area contributed by atoms with E-state index in [0.717, 1.165) is 11.1 Å². The third-order valence-electron chi connectivity index (χ3n) is 3.79. The molecule has 0 aliphatic carbocycles. The number of hydrogen-bond acceptors (Lipinski definition) is 3. The first-order valence-electron chi connectivity index (χ1n) is 7.75. The Morgan fingerprint density at radius 2 is 2.20 bits per heavy atom. The average Bonchev–Trinajstić information content (AvgIpc) is 3.16. The summed E-state index contributed by atoms with van der Waals surface area (Å²) in [5.74, 6) is 6.03. The van der Waals surface area contributed by atoms with Crippen LogP contribution in [0.25, 0.3) is 11.6 Å². The van der Waals surface area contributed by atoms with E-state index in [9.17, 15) is 9.59 Å². The van der Waals surface area contributed by atoms with E-state index in [1.54, 1.807) is 25.4 Å². The van der Waals surface area contributed by atoms with Crippen molar-refractivity contribution in [3.63, 3.8) is 0 Å². The molecule has 0 fully saturated rings. The number of carbonyl (C=O) groups is 2. The van der Waals surface area contributed by atoms with Crippen LogP contribution in [0.4, 0.5) is 5.69 Å². The fourth-order valence-corrected chi connectivity index (χ4v) is 2.64. The second-order valence-corrected chi connectivity index (χ2v) is 5.47. The zero-order valence-corrected chi connectivity index (χ0v) is 13.7. The number of amides is 2. The standard InChI is InChI=1S/C19H17N3O3/c1-25-16-9-10-21-15(16)11-13-18-12(5-2-3-8-17(20)23)6-4-7-14(18)22-19(13)24/h4,6-7,9-11,21H,3,8H2,1H3,(H2,20,23)(H,22,24)/b13-11-. The van der Waals surface area contributed by atoms with Crippen LogP contribution >= 0.6 is 0 Å². The molecule has 6 nitrogen and oxygen atoms in total. The highest BCUT2D eigenvalue weighted by Crippen LogP contribution is 2.36.